The minimum Gasteiger partial charge on any atom is -0.395 e. The molecule has 18 heavy (non-hydrogen) atoms. The zero-order valence-electron chi connectivity index (χ0n) is 10.5. The second kappa shape index (κ2) is 7.10. The van der Waals surface area contributed by atoms with E-state index in [1.165, 1.54) is 4.90 Å². The molecule has 100 valence electrons. The number of amides is 1. The molecule has 5 nitrogen and oxygen atoms in total. The summed E-state index contributed by atoms with van der Waals surface area (Å²) in [6, 6.07) is 6.65. The molecule has 0 aromatic heterocycles. The highest BCUT2D eigenvalue weighted by Gasteiger charge is 2.21. The fourth-order valence-corrected chi connectivity index (χ4v) is 1.69. The molecule has 0 aliphatic heterocycles. The van der Waals surface area contributed by atoms with Crippen molar-refractivity contribution in [1.29, 1.82) is 0 Å². The second-order valence-electron chi connectivity index (χ2n) is 4.16. The van der Waals surface area contributed by atoms with Crippen molar-refractivity contribution in [3.63, 3.8) is 0 Å². The van der Waals surface area contributed by atoms with Crippen molar-refractivity contribution in [3.05, 3.63) is 35.4 Å². The highest BCUT2D eigenvalue weighted by Crippen LogP contribution is 2.14. The van der Waals surface area contributed by atoms with E-state index in [0.29, 0.717) is 0 Å². The molecule has 1 rings (SSSR count). The van der Waals surface area contributed by atoms with Crippen LogP contribution in [0.1, 0.15) is 17.2 Å². The predicted octanol–water partition coefficient (Wildman–Crippen LogP) is -0.192. The number of hydrogen-bond acceptors (Lipinski definition) is 4. The quantitative estimate of drug-likeness (QED) is 0.655. The molecule has 0 spiro atoms. The zero-order chi connectivity index (χ0) is 13.5. The Hall–Kier alpha value is -1.43. The van der Waals surface area contributed by atoms with Crippen molar-refractivity contribution in [2.45, 2.75) is 13.0 Å². The second-order valence-corrected chi connectivity index (χ2v) is 4.16. The number of rotatable bonds is 6. The molecule has 0 aliphatic carbocycles. The van der Waals surface area contributed by atoms with Crippen LogP contribution in [0.4, 0.5) is 0 Å². The third-order valence-corrected chi connectivity index (χ3v) is 2.75. The van der Waals surface area contributed by atoms with Crippen LogP contribution in [0.25, 0.3) is 0 Å². The first kappa shape index (κ1) is 14.6. The van der Waals surface area contributed by atoms with Gasteiger partial charge in [-0.25, -0.2) is 0 Å². The zero-order valence-corrected chi connectivity index (χ0v) is 10.5. The first-order valence-corrected chi connectivity index (χ1v) is 5.92. The summed E-state index contributed by atoms with van der Waals surface area (Å²) < 4.78 is 0. The van der Waals surface area contributed by atoms with Crippen molar-refractivity contribution in [3.8, 4) is 0 Å². The van der Waals surface area contributed by atoms with Gasteiger partial charge in [0.15, 0.2) is 0 Å². The van der Waals surface area contributed by atoms with Crippen molar-refractivity contribution < 1.29 is 15.0 Å². The third kappa shape index (κ3) is 3.80. The highest BCUT2D eigenvalue weighted by atomic mass is 16.3. The normalized spacial score (nSPS) is 12.2. The molecule has 0 saturated heterocycles. The van der Waals surface area contributed by atoms with Gasteiger partial charge in [-0.05, 0) is 12.5 Å². The summed E-state index contributed by atoms with van der Waals surface area (Å²) in [5.74, 6) is -0.290. The molecule has 1 amide bonds. The molecule has 1 aromatic carbocycles. The van der Waals surface area contributed by atoms with Crippen LogP contribution in [0, 0.1) is 6.92 Å². The van der Waals surface area contributed by atoms with Crippen molar-refractivity contribution in [2.75, 3.05) is 26.3 Å². The number of carbonyl (C=O) groups is 1. The molecule has 0 heterocycles. The van der Waals surface area contributed by atoms with Crippen molar-refractivity contribution in [1.82, 2.24) is 4.90 Å². The van der Waals surface area contributed by atoms with Gasteiger partial charge in [0.25, 0.3) is 0 Å². The third-order valence-electron chi connectivity index (χ3n) is 2.75. The molecule has 1 atom stereocenters. The molecule has 1 unspecified atom stereocenters. The topological polar surface area (TPSA) is 86.8 Å². The number of nitrogens with zero attached hydrogens (tertiary/aromatic N) is 1. The first-order valence-electron chi connectivity index (χ1n) is 5.92. The summed E-state index contributed by atoms with van der Waals surface area (Å²) in [5.41, 5.74) is 7.72. The summed E-state index contributed by atoms with van der Waals surface area (Å²) in [4.78, 5) is 13.5. The monoisotopic (exact) mass is 252 g/mol. The number of aryl methyl sites for hydroxylation is 1. The van der Waals surface area contributed by atoms with E-state index < -0.39 is 6.04 Å². The van der Waals surface area contributed by atoms with E-state index in [4.69, 9.17) is 15.9 Å². The number of carbonyl (C=O) groups excluding carboxylic acids is 1. The van der Waals surface area contributed by atoms with Crippen molar-refractivity contribution >= 4 is 5.91 Å². The van der Waals surface area contributed by atoms with Gasteiger partial charge in [-0.3, -0.25) is 4.79 Å². The Bertz CT molecular complexity index is 372. The molecule has 1 aromatic rings. The molecule has 4 N–H and O–H groups in total. The maximum Gasteiger partial charge on any atom is 0.244 e. The molecule has 0 radical (unpaired) electrons. The van der Waals surface area contributed by atoms with Gasteiger partial charge in [-0.1, -0.05) is 29.8 Å². The van der Waals surface area contributed by atoms with Crippen LogP contribution in [-0.2, 0) is 4.79 Å². The lowest BCUT2D eigenvalue weighted by Gasteiger charge is -2.24. The van der Waals surface area contributed by atoms with Crippen LogP contribution >= 0.6 is 0 Å². The van der Waals surface area contributed by atoms with E-state index in [1.54, 1.807) is 0 Å². The van der Waals surface area contributed by atoms with E-state index >= 15 is 0 Å². The van der Waals surface area contributed by atoms with Gasteiger partial charge in [-0.15, -0.1) is 0 Å². The van der Waals surface area contributed by atoms with Gasteiger partial charge in [0.2, 0.25) is 5.91 Å². The predicted molar refractivity (Wildman–Crippen MR) is 68.9 cm³/mol. The number of hydrogen-bond donors (Lipinski definition) is 3. The summed E-state index contributed by atoms with van der Waals surface area (Å²) in [7, 11) is 0. The van der Waals surface area contributed by atoms with Gasteiger partial charge in [0, 0.05) is 13.1 Å². The minimum absolute atomic E-state index is 0.146. The Kier molecular flexibility index (Phi) is 5.77. The van der Waals surface area contributed by atoms with E-state index in [9.17, 15) is 4.79 Å². The largest absolute Gasteiger partial charge is 0.395 e. The van der Waals surface area contributed by atoms with Gasteiger partial charge in [-0.2, -0.15) is 0 Å². The van der Waals surface area contributed by atoms with Gasteiger partial charge < -0.3 is 20.8 Å². The SMILES string of the molecule is Cc1ccc(C(N)C(=O)N(CCO)CCO)cc1. The van der Waals surface area contributed by atoms with Gasteiger partial charge >= 0.3 is 0 Å². The fourth-order valence-electron chi connectivity index (χ4n) is 1.69. The lowest BCUT2D eigenvalue weighted by molar-refractivity contribution is -0.133. The Morgan fingerprint density at radius 2 is 1.72 bits per heavy atom. The van der Waals surface area contributed by atoms with E-state index in [2.05, 4.69) is 0 Å². The summed E-state index contributed by atoms with van der Waals surface area (Å²) >= 11 is 0. The molecular formula is C13H20N2O3. The standard InChI is InChI=1S/C13H20N2O3/c1-10-2-4-11(5-3-10)12(14)13(18)15(6-8-16)7-9-17/h2-5,12,16-17H,6-9,14H2,1H3. The minimum atomic E-state index is -0.760. The summed E-state index contributed by atoms with van der Waals surface area (Å²) in [6.45, 7) is 2.03. The van der Waals surface area contributed by atoms with Crippen LogP contribution in [-0.4, -0.2) is 47.3 Å². The number of benzene rings is 1. The lowest BCUT2D eigenvalue weighted by Crippen LogP contribution is -2.41. The average Bonchev–Trinajstić information content (AvgIpc) is 2.38. The fraction of sp³-hybridized carbons (Fsp3) is 0.462. The van der Waals surface area contributed by atoms with Crippen LogP contribution < -0.4 is 5.73 Å². The first-order chi connectivity index (χ1) is 8.60. The molecular weight excluding hydrogens is 232 g/mol. The maximum absolute atomic E-state index is 12.1. The number of aliphatic hydroxyl groups excluding tert-OH is 2. The van der Waals surface area contributed by atoms with Crippen LogP contribution in [0.2, 0.25) is 0 Å². The Morgan fingerprint density at radius 3 is 2.17 bits per heavy atom. The van der Waals surface area contributed by atoms with Crippen LogP contribution in [0.5, 0.6) is 0 Å². The Morgan fingerprint density at radius 1 is 1.22 bits per heavy atom. The van der Waals surface area contributed by atoms with Crippen LogP contribution in [0.3, 0.4) is 0 Å². The van der Waals surface area contributed by atoms with Crippen LogP contribution in [0.15, 0.2) is 24.3 Å². The molecule has 0 bridgehead atoms. The molecule has 0 saturated carbocycles. The van der Waals surface area contributed by atoms with Gasteiger partial charge in [0.1, 0.15) is 6.04 Å². The van der Waals surface area contributed by atoms with E-state index in [-0.39, 0.29) is 32.2 Å². The number of aliphatic hydroxyl groups is 2. The Balaban J connectivity index is 2.77. The lowest BCUT2D eigenvalue weighted by atomic mass is 10.0. The van der Waals surface area contributed by atoms with Gasteiger partial charge in [0.05, 0.1) is 13.2 Å². The number of nitrogens with two attached hydrogens (primary N) is 1. The maximum atomic E-state index is 12.1. The molecule has 0 aliphatic rings. The smallest absolute Gasteiger partial charge is 0.244 e. The van der Waals surface area contributed by atoms with Crippen molar-refractivity contribution in [2.24, 2.45) is 5.73 Å². The molecule has 5 heteroatoms. The van der Waals surface area contributed by atoms with E-state index in [1.807, 2.05) is 31.2 Å². The average molecular weight is 252 g/mol. The highest BCUT2D eigenvalue weighted by molar-refractivity contribution is 5.83. The summed E-state index contributed by atoms with van der Waals surface area (Å²) in [6.07, 6.45) is 0. The summed E-state index contributed by atoms with van der Waals surface area (Å²) in [5, 5.41) is 17.8. The Labute approximate surface area is 107 Å². The molecule has 0 fully saturated rings. The van der Waals surface area contributed by atoms with E-state index in [0.717, 1.165) is 11.1 Å².